The van der Waals surface area contributed by atoms with Crippen LogP contribution in [0.15, 0.2) is 42.4 Å². The molecule has 182 valence electrons. The Balaban J connectivity index is 1.67. The normalized spacial score (nSPS) is 32.6. The summed E-state index contributed by atoms with van der Waals surface area (Å²) in [7, 11) is -4.07. The molecule has 2 bridgehead atoms. The Bertz CT molecular complexity index is 881. The summed E-state index contributed by atoms with van der Waals surface area (Å²) < 4.78 is 20.5. The van der Waals surface area contributed by atoms with Crippen molar-refractivity contribution in [2.24, 2.45) is 17.3 Å². The minimum atomic E-state index is -1.99. The van der Waals surface area contributed by atoms with Gasteiger partial charge < -0.3 is 13.7 Å². The van der Waals surface area contributed by atoms with Gasteiger partial charge in [-0.3, -0.25) is 0 Å². The van der Waals surface area contributed by atoms with Crippen molar-refractivity contribution >= 4 is 28.7 Å². The lowest BCUT2D eigenvalue weighted by atomic mass is 9.43. The molecule has 1 aromatic carbocycles. The van der Waals surface area contributed by atoms with Gasteiger partial charge in [-0.25, -0.2) is 0 Å². The van der Waals surface area contributed by atoms with Crippen molar-refractivity contribution in [3.63, 3.8) is 0 Å². The molecular formula is C27H45BO3Si2. The van der Waals surface area contributed by atoms with Gasteiger partial charge in [0.25, 0.3) is 0 Å². The van der Waals surface area contributed by atoms with Crippen LogP contribution in [0.1, 0.15) is 47.0 Å². The van der Waals surface area contributed by atoms with E-state index >= 15 is 0 Å². The fourth-order valence-electron chi connectivity index (χ4n) is 7.23. The number of hydrogen-bond acceptors (Lipinski definition) is 3. The Morgan fingerprint density at radius 3 is 2.30 bits per heavy atom. The molecule has 0 amide bonds. The Kier molecular flexibility index (Phi) is 6.53. The number of benzene rings is 1. The molecule has 0 aromatic heterocycles. The van der Waals surface area contributed by atoms with Crippen molar-refractivity contribution in [1.82, 2.24) is 0 Å². The molecule has 1 aromatic rings. The zero-order valence-electron chi connectivity index (χ0n) is 22.4. The van der Waals surface area contributed by atoms with E-state index in [0.29, 0.717) is 11.3 Å². The third-order valence-corrected chi connectivity index (χ3v) is 14.4. The van der Waals surface area contributed by atoms with Crippen LogP contribution in [0.2, 0.25) is 38.3 Å². The van der Waals surface area contributed by atoms with Crippen molar-refractivity contribution in [2.75, 3.05) is 0 Å². The molecule has 0 spiro atoms. The van der Waals surface area contributed by atoms with E-state index < -0.39 is 16.4 Å². The second-order valence-electron chi connectivity index (χ2n) is 13.1. The van der Waals surface area contributed by atoms with E-state index in [0.717, 1.165) is 24.2 Å². The van der Waals surface area contributed by atoms with Gasteiger partial charge in [0.2, 0.25) is 0 Å². The van der Waals surface area contributed by atoms with Crippen LogP contribution in [0, 0.1) is 17.3 Å². The Morgan fingerprint density at radius 2 is 1.76 bits per heavy atom. The Hall–Kier alpha value is -0.661. The van der Waals surface area contributed by atoms with Crippen molar-refractivity contribution < 1.29 is 13.7 Å². The predicted octanol–water partition coefficient (Wildman–Crippen LogP) is 6.43. The molecule has 0 radical (unpaired) electrons. The first-order valence-corrected chi connectivity index (χ1v) is 19.5. The minimum Gasteiger partial charge on any atom is -0.414 e. The first-order chi connectivity index (χ1) is 15.2. The zero-order valence-corrected chi connectivity index (χ0v) is 24.4. The Labute approximate surface area is 205 Å². The first-order valence-electron chi connectivity index (χ1n) is 13.0. The van der Waals surface area contributed by atoms with E-state index in [-0.39, 0.29) is 30.5 Å². The van der Waals surface area contributed by atoms with Crippen molar-refractivity contribution in [1.29, 1.82) is 0 Å². The lowest BCUT2D eigenvalue weighted by molar-refractivity contribution is -0.199. The van der Waals surface area contributed by atoms with Crippen LogP contribution in [0.3, 0.4) is 0 Å². The van der Waals surface area contributed by atoms with Gasteiger partial charge >= 0.3 is 7.12 Å². The predicted molar refractivity (Wildman–Crippen MR) is 145 cm³/mol. The molecule has 0 N–H and O–H groups in total. The molecular weight excluding hydrogens is 439 g/mol. The van der Waals surface area contributed by atoms with Gasteiger partial charge in [-0.15, -0.1) is 6.58 Å². The van der Waals surface area contributed by atoms with Crippen LogP contribution in [-0.2, 0) is 13.7 Å². The maximum Gasteiger partial charge on any atom is 0.489 e. The molecule has 6 atom stereocenters. The topological polar surface area (TPSA) is 27.7 Å². The molecule has 1 aliphatic heterocycles. The smallest absolute Gasteiger partial charge is 0.414 e. The van der Waals surface area contributed by atoms with Crippen LogP contribution in [0.25, 0.3) is 0 Å². The van der Waals surface area contributed by atoms with Crippen molar-refractivity contribution in [3.05, 3.63) is 42.4 Å². The average Bonchev–Trinajstić information content (AvgIpc) is 3.09. The average molecular weight is 485 g/mol. The fraction of sp³-hybridized carbons (Fsp3) is 0.704. The first kappa shape index (κ1) is 25.4. The van der Waals surface area contributed by atoms with Crippen LogP contribution in [0.4, 0.5) is 0 Å². The van der Waals surface area contributed by atoms with Crippen LogP contribution >= 0.6 is 0 Å². The van der Waals surface area contributed by atoms with E-state index in [2.05, 4.69) is 90.8 Å². The van der Waals surface area contributed by atoms with E-state index in [4.69, 9.17) is 20.3 Å². The third-order valence-electron chi connectivity index (χ3n) is 9.23. The van der Waals surface area contributed by atoms with Crippen LogP contribution < -0.4 is 5.19 Å². The second-order valence-corrected chi connectivity index (χ2v) is 22.2. The molecule has 1 heterocycles. The molecule has 4 aliphatic rings. The van der Waals surface area contributed by atoms with Gasteiger partial charge in [0.15, 0.2) is 8.32 Å². The summed E-state index contributed by atoms with van der Waals surface area (Å²) in [5.74, 6) is 1.31. The molecule has 0 unspecified atom stereocenters. The van der Waals surface area contributed by atoms with Crippen molar-refractivity contribution in [3.8, 4) is 0 Å². The number of rotatable bonds is 8. The van der Waals surface area contributed by atoms with Gasteiger partial charge in [-0.1, -0.05) is 69.4 Å². The summed E-state index contributed by atoms with van der Waals surface area (Å²) in [5.41, 5.74) is 1.46. The maximum absolute atomic E-state index is 6.89. The van der Waals surface area contributed by atoms with Gasteiger partial charge in [-0.05, 0) is 68.6 Å². The second kappa shape index (κ2) is 8.48. The Morgan fingerprint density at radius 1 is 1.12 bits per heavy atom. The zero-order chi connectivity index (χ0) is 24.4. The SMILES string of the molecule is C=C(B1O[C@H]2C[C@H]3C[C@H](C3(C)C)[C@@]2(C)O1)[C@@H]([C@H](CC)O[Si](C)(C)C)[Si](C)(C)c1ccccc1. The molecule has 33 heavy (non-hydrogen) atoms. The molecule has 1 saturated heterocycles. The molecule has 6 heteroatoms. The third kappa shape index (κ3) is 4.29. The van der Waals surface area contributed by atoms with Gasteiger partial charge in [0.05, 0.1) is 19.8 Å². The van der Waals surface area contributed by atoms with E-state index in [9.17, 15) is 0 Å². The minimum absolute atomic E-state index is 0.138. The van der Waals surface area contributed by atoms with E-state index in [1.165, 1.54) is 11.6 Å². The molecule has 3 nitrogen and oxygen atoms in total. The van der Waals surface area contributed by atoms with Crippen molar-refractivity contribution in [2.45, 2.75) is 103 Å². The highest BCUT2D eigenvalue weighted by Crippen LogP contribution is 2.66. The highest BCUT2D eigenvalue weighted by Gasteiger charge is 2.68. The van der Waals surface area contributed by atoms with Gasteiger partial charge in [0.1, 0.15) is 0 Å². The van der Waals surface area contributed by atoms with Gasteiger partial charge in [0, 0.05) is 11.6 Å². The van der Waals surface area contributed by atoms with E-state index in [1.54, 1.807) is 0 Å². The highest BCUT2D eigenvalue weighted by molar-refractivity contribution is 6.92. The molecule has 3 aliphatic carbocycles. The summed E-state index contributed by atoms with van der Waals surface area (Å²) in [6.45, 7) is 25.9. The van der Waals surface area contributed by atoms with Gasteiger partial charge in [-0.2, -0.15) is 0 Å². The summed E-state index contributed by atoms with van der Waals surface area (Å²) in [5, 5.41) is 1.44. The van der Waals surface area contributed by atoms with Crippen LogP contribution in [0.5, 0.6) is 0 Å². The summed E-state index contributed by atoms with van der Waals surface area (Å²) in [6.07, 6.45) is 3.67. The lowest BCUT2D eigenvalue weighted by Crippen LogP contribution is -2.65. The molecule has 3 saturated carbocycles. The summed E-state index contributed by atoms with van der Waals surface area (Å²) in [4.78, 5) is 0. The lowest BCUT2D eigenvalue weighted by Gasteiger charge is -2.64. The summed E-state index contributed by atoms with van der Waals surface area (Å²) >= 11 is 0. The standard InChI is InChI=1S/C27H45BO3Si2/c1-11-22(30-32(6,7)8)25(33(9,10)21-15-13-12-14-16-21)19(2)28-29-24-18-20-17-23(26(20,3)4)27(24,5)31-28/h12-16,20,22-25H,2,11,17-18H2,1,3-10H3/t20-,22+,23-,24+,25+,27-/m1/s1. The van der Waals surface area contributed by atoms with E-state index in [1.807, 2.05) is 0 Å². The maximum atomic E-state index is 6.89. The largest absolute Gasteiger partial charge is 0.489 e. The monoisotopic (exact) mass is 484 g/mol. The fourth-order valence-corrected chi connectivity index (χ4v) is 12.3. The van der Waals surface area contributed by atoms with Crippen LogP contribution in [-0.4, -0.2) is 41.3 Å². The summed E-state index contributed by atoms with van der Waals surface area (Å²) in [6, 6.07) is 11.0. The molecule has 4 fully saturated rings. The molecule has 5 rings (SSSR count). The highest BCUT2D eigenvalue weighted by atomic mass is 28.4. The number of hydrogen-bond donors (Lipinski definition) is 0. The quantitative estimate of drug-likeness (QED) is 0.398.